The normalized spacial score (nSPS) is 21.1. The topological polar surface area (TPSA) is 119 Å². The molecule has 152 valence electrons. The van der Waals surface area contributed by atoms with Crippen LogP contribution in [0.25, 0.3) is 0 Å². The molecule has 9 heteroatoms. The Bertz CT molecular complexity index is 592. The van der Waals surface area contributed by atoms with Crippen LogP contribution in [0.1, 0.15) is 46.5 Å². The molecule has 2 rings (SSSR count). The maximum atomic E-state index is 12.9. The van der Waals surface area contributed by atoms with Gasteiger partial charge in [-0.1, -0.05) is 0 Å². The van der Waals surface area contributed by atoms with E-state index >= 15 is 0 Å². The van der Waals surface area contributed by atoms with E-state index in [1.807, 2.05) is 0 Å². The average Bonchev–Trinajstić information content (AvgIpc) is 3.07. The van der Waals surface area contributed by atoms with Gasteiger partial charge in [0, 0.05) is 25.6 Å². The van der Waals surface area contributed by atoms with Gasteiger partial charge in [-0.25, -0.2) is 4.79 Å². The van der Waals surface area contributed by atoms with Gasteiger partial charge in [-0.2, -0.15) is 0 Å². The van der Waals surface area contributed by atoms with E-state index in [9.17, 15) is 24.3 Å². The minimum Gasteiger partial charge on any atom is -0.548 e. The molecule has 0 aliphatic carbocycles. The number of amides is 3. The van der Waals surface area contributed by atoms with Crippen molar-refractivity contribution >= 4 is 23.9 Å². The van der Waals surface area contributed by atoms with Gasteiger partial charge in [0.1, 0.15) is 11.6 Å². The standard InChI is InChI=1S/C18H29N3O6/c1-18(2,3)27-17(26)21-8-4-5-13(21)16(25)20-9-6-12(7-10-20)15(24)19-11-14(22)23/h12-13H,4-11H2,1-3H3,(H,19,24)(H,22,23)/p-1/t13-/m1/s1. The van der Waals surface area contributed by atoms with Crippen molar-refractivity contribution in [2.24, 2.45) is 5.92 Å². The maximum absolute atomic E-state index is 12.9. The van der Waals surface area contributed by atoms with Gasteiger partial charge in [0.05, 0.1) is 12.5 Å². The summed E-state index contributed by atoms with van der Waals surface area (Å²) < 4.78 is 5.39. The van der Waals surface area contributed by atoms with Crippen LogP contribution < -0.4 is 10.4 Å². The molecule has 0 aromatic heterocycles. The SMILES string of the molecule is CC(C)(C)OC(=O)N1CCC[C@@H]1C(=O)N1CCC(C(=O)NCC(=O)[O-])CC1. The van der Waals surface area contributed by atoms with Crippen LogP contribution in [0.2, 0.25) is 0 Å². The predicted molar refractivity (Wildman–Crippen MR) is 93.3 cm³/mol. The zero-order valence-electron chi connectivity index (χ0n) is 16.2. The number of nitrogens with zero attached hydrogens (tertiary/aromatic N) is 2. The Morgan fingerprint density at radius 2 is 1.70 bits per heavy atom. The molecule has 0 bridgehead atoms. The number of ether oxygens (including phenoxy) is 1. The zero-order valence-corrected chi connectivity index (χ0v) is 16.2. The number of likely N-dealkylation sites (tertiary alicyclic amines) is 2. The largest absolute Gasteiger partial charge is 0.548 e. The number of rotatable bonds is 4. The first-order valence-electron chi connectivity index (χ1n) is 9.34. The molecule has 0 unspecified atom stereocenters. The monoisotopic (exact) mass is 382 g/mol. The van der Waals surface area contributed by atoms with Crippen LogP contribution in [0.4, 0.5) is 4.79 Å². The summed E-state index contributed by atoms with van der Waals surface area (Å²) in [5, 5.41) is 12.7. The summed E-state index contributed by atoms with van der Waals surface area (Å²) >= 11 is 0. The molecule has 1 N–H and O–H groups in total. The Kier molecular flexibility index (Phi) is 6.67. The highest BCUT2D eigenvalue weighted by Crippen LogP contribution is 2.25. The summed E-state index contributed by atoms with van der Waals surface area (Å²) in [5.41, 5.74) is -0.621. The van der Waals surface area contributed by atoms with Crippen molar-refractivity contribution in [3.8, 4) is 0 Å². The Morgan fingerprint density at radius 1 is 1.07 bits per heavy atom. The van der Waals surface area contributed by atoms with Gasteiger partial charge >= 0.3 is 6.09 Å². The number of carbonyl (C=O) groups is 4. The Labute approximate surface area is 159 Å². The van der Waals surface area contributed by atoms with E-state index in [-0.39, 0.29) is 17.7 Å². The third-order valence-electron chi connectivity index (χ3n) is 4.75. The van der Waals surface area contributed by atoms with Crippen LogP contribution in [0.15, 0.2) is 0 Å². The molecule has 0 aromatic rings. The number of hydrogen-bond donors (Lipinski definition) is 1. The molecule has 2 saturated heterocycles. The van der Waals surface area contributed by atoms with Gasteiger partial charge in [-0.3, -0.25) is 14.5 Å². The van der Waals surface area contributed by atoms with Gasteiger partial charge < -0.3 is 24.9 Å². The minimum atomic E-state index is -1.33. The van der Waals surface area contributed by atoms with E-state index in [1.54, 1.807) is 25.7 Å². The second-order valence-electron chi connectivity index (χ2n) is 8.02. The molecule has 0 saturated carbocycles. The van der Waals surface area contributed by atoms with E-state index in [0.717, 1.165) is 6.42 Å². The van der Waals surface area contributed by atoms with Crippen molar-refractivity contribution in [2.45, 2.75) is 58.1 Å². The highest BCUT2D eigenvalue weighted by Gasteiger charge is 2.39. The van der Waals surface area contributed by atoms with Crippen LogP contribution in [-0.4, -0.2) is 71.5 Å². The van der Waals surface area contributed by atoms with Crippen molar-refractivity contribution in [3.63, 3.8) is 0 Å². The number of aliphatic carboxylic acids is 1. The molecule has 2 fully saturated rings. The molecule has 1 atom stereocenters. The van der Waals surface area contributed by atoms with Gasteiger partial charge in [0.25, 0.3) is 0 Å². The summed E-state index contributed by atoms with van der Waals surface area (Å²) in [7, 11) is 0. The molecule has 0 spiro atoms. The van der Waals surface area contributed by atoms with Crippen molar-refractivity contribution in [1.29, 1.82) is 0 Å². The third-order valence-corrected chi connectivity index (χ3v) is 4.75. The number of nitrogens with one attached hydrogen (secondary N) is 1. The molecule has 2 aliphatic heterocycles. The fourth-order valence-corrected chi connectivity index (χ4v) is 3.44. The van der Waals surface area contributed by atoms with Gasteiger partial charge in [-0.05, 0) is 46.5 Å². The van der Waals surface area contributed by atoms with E-state index < -0.39 is 30.3 Å². The molecule has 3 amide bonds. The summed E-state index contributed by atoms with van der Waals surface area (Å²) in [5.74, 6) is -2.10. The lowest BCUT2D eigenvalue weighted by molar-refractivity contribution is -0.304. The molecule has 2 heterocycles. The average molecular weight is 382 g/mol. The fraction of sp³-hybridized carbons (Fsp3) is 0.778. The van der Waals surface area contributed by atoms with E-state index in [2.05, 4.69) is 5.32 Å². The summed E-state index contributed by atoms with van der Waals surface area (Å²) in [4.78, 5) is 50.7. The second kappa shape index (κ2) is 8.58. The highest BCUT2D eigenvalue weighted by atomic mass is 16.6. The van der Waals surface area contributed by atoms with Crippen molar-refractivity contribution < 1.29 is 29.0 Å². The van der Waals surface area contributed by atoms with Gasteiger partial charge in [-0.15, -0.1) is 0 Å². The first kappa shape index (κ1) is 21.0. The zero-order chi connectivity index (χ0) is 20.2. The fourth-order valence-electron chi connectivity index (χ4n) is 3.44. The first-order chi connectivity index (χ1) is 12.6. The number of piperidine rings is 1. The summed E-state index contributed by atoms with van der Waals surface area (Å²) in [6.45, 7) is 6.15. The van der Waals surface area contributed by atoms with Crippen LogP contribution in [0, 0.1) is 5.92 Å². The first-order valence-corrected chi connectivity index (χ1v) is 9.34. The lowest BCUT2D eigenvalue weighted by atomic mass is 9.95. The lowest BCUT2D eigenvalue weighted by Gasteiger charge is -2.35. The quantitative estimate of drug-likeness (QED) is 0.699. The van der Waals surface area contributed by atoms with Crippen LogP contribution in [0.3, 0.4) is 0 Å². The highest BCUT2D eigenvalue weighted by molar-refractivity contribution is 5.87. The third kappa shape index (κ3) is 5.83. The van der Waals surface area contributed by atoms with Crippen molar-refractivity contribution in [2.75, 3.05) is 26.2 Å². The number of carbonyl (C=O) groups excluding carboxylic acids is 4. The Balaban J connectivity index is 1.88. The number of hydrogen-bond acceptors (Lipinski definition) is 6. The summed E-state index contributed by atoms with van der Waals surface area (Å²) in [6.07, 6.45) is 1.80. The molecule has 0 aromatic carbocycles. The van der Waals surface area contributed by atoms with Gasteiger partial charge in [0.2, 0.25) is 11.8 Å². The Morgan fingerprint density at radius 3 is 2.26 bits per heavy atom. The molecule has 0 radical (unpaired) electrons. The molecule has 27 heavy (non-hydrogen) atoms. The minimum absolute atomic E-state index is 0.119. The van der Waals surface area contributed by atoms with Gasteiger partial charge in [0.15, 0.2) is 0 Å². The number of carboxylic acids is 1. The van der Waals surface area contributed by atoms with E-state index in [1.165, 1.54) is 4.90 Å². The molecular weight excluding hydrogens is 354 g/mol. The van der Waals surface area contributed by atoms with E-state index in [0.29, 0.717) is 38.9 Å². The van der Waals surface area contributed by atoms with E-state index in [4.69, 9.17) is 4.74 Å². The van der Waals surface area contributed by atoms with Crippen molar-refractivity contribution in [1.82, 2.24) is 15.1 Å². The van der Waals surface area contributed by atoms with Crippen LogP contribution in [0.5, 0.6) is 0 Å². The van der Waals surface area contributed by atoms with Crippen LogP contribution >= 0.6 is 0 Å². The smallest absolute Gasteiger partial charge is 0.410 e. The van der Waals surface area contributed by atoms with Crippen LogP contribution in [-0.2, 0) is 19.1 Å². The predicted octanol–water partition coefficient (Wildman–Crippen LogP) is -0.509. The summed E-state index contributed by atoms with van der Waals surface area (Å²) in [6, 6.07) is -0.525. The Hall–Kier alpha value is -2.32. The number of carboxylic acid groups (broad SMARTS) is 1. The second-order valence-corrected chi connectivity index (χ2v) is 8.02. The maximum Gasteiger partial charge on any atom is 0.410 e. The molecule has 9 nitrogen and oxygen atoms in total. The molecule has 2 aliphatic rings. The van der Waals surface area contributed by atoms with Crippen molar-refractivity contribution in [3.05, 3.63) is 0 Å². The lowest BCUT2D eigenvalue weighted by Crippen LogP contribution is -2.52. The molecular formula is C18H28N3O6-.